The van der Waals surface area contributed by atoms with Gasteiger partial charge in [-0.25, -0.2) is 4.79 Å². The van der Waals surface area contributed by atoms with Gasteiger partial charge in [0.1, 0.15) is 16.8 Å². The van der Waals surface area contributed by atoms with Crippen LogP contribution < -0.4 is 0 Å². The summed E-state index contributed by atoms with van der Waals surface area (Å²) < 4.78 is 6.76. The van der Waals surface area contributed by atoms with Crippen LogP contribution in [-0.2, 0) is 4.74 Å². The molecule has 1 heterocycles. The molecule has 0 aliphatic heterocycles. The van der Waals surface area contributed by atoms with Gasteiger partial charge in [0.15, 0.2) is 0 Å². The summed E-state index contributed by atoms with van der Waals surface area (Å²) in [5.41, 5.74) is 2.04. The lowest BCUT2D eigenvalue weighted by molar-refractivity contribution is 0.00695. The number of fused-ring (bicyclic) bond motifs is 1. The summed E-state index contributed by atoms with van der Waals surface area (Å²) in [7, 11) is 0. The monoisotopic (exact) mass is 442 g/mol. The summed E-state index contributed by atoms with van der Waals surface area (Å²) >= 11 is 12.9. The summed E-state index contributed by atoms with van der Waals surface area (Å²) in [4.78, 5) is 25.8. The van der Waals surface area contributed by atoms with E-state index >= 15 is 0 Å². The van der Waals surface area contributed by atoms with Crippen molar-refractivity contribution in [2.24, 2.45) is 0 Å². The first kappa shape index (κ1) is 21.9. The van der Waals surface area contributed by atoms with Crippen molar-refractivity contribution in [2.45, 2.75) is 40.2 Å². The molecule has 3 rings (SSSR count). The standard InChI is InChI=1S/C23H20Cl2N2O3/c1-12-9-16(11-26)18(24)17-13(2)20(25)27(19(12)17)21(28)14-7-6-8-15(10-14)22(29)30-23(3,4)5/h6-10H,1-5H3. The van der Waals surface area contributed by atoms with E-state index in [9.17, 15) is 14.9 Å². The molecule has 0 aliphatic carbocycles. The Kier molecular flexibility index (Phi) is 5.68. The molecule has 0 fully saturated rings. The number of carbonyl (C=O) groups is 2. The van der Waals surface area contributed by atoms with Gasteiger partial charge in [-0.05, 0) is 70.0 Å². The number of rotatable bonds is 2. The van der Waals surface area contributed by atoms with Gasteiger partial charge in [-0.15, -0.1) is 0 Å². The second kappa shape index (κ2) is 7.79. The zero-order valence-corrected chi connectivity index (χ0v) is 18.8. The molecule has 7 heteroatoms. The van der Waals surface area contributed by atoms with E-state index in [0.29, 0.717) is 27.6 Å². The van der Waals surface area contributed by atoms with E-state index in [1.54, 1.807) is 58.9 Å². The predicted molar refractivity (Wildman–Crippen MR) is 117 cm³/mol. The maximum absolute atomic E-state index is 13.4. The first-order valence-corrected chi connectivity index (χ1v) is 9.99. The zero-order chi connectivity index (χ0) is 22.4. The van der Waals surface area contributed by atoms with E-state index in [1.807, 2.05) is 0 Å². The fourth-order valence-corrected chi connectivity index (χ4v) is 3.88. The number of carbonyl (C=O) groups excluding carboxylic acids is 2. The lowest BCUT2D eigenvalue weighted by atomic mass is 10.1. The van der Waals surface area contributed by atoms with Crippen molar-refractivity contribution in [3.8, 4) is 6.07 Å². The molecular weight excluding hydrogens is 423 g/mol. The number of hydrogen-bond donors (Lipinski definition) is 0. The average Bonchev–Trinajstić information content (AvgIpc) is 2.94. The van der Waals surface area contributed by atoms with Gasteiger partial charge in [-0.1, -0.05) is 29.3 Å². The highest BCUT2D eigenvalue weighted by atomic mass is 35.5. The first-order chi connectivity index (χ1) is 14.0. The van der Waals surface area contributed by atoms with Crippen molar-refractivity contribution >= 4 is 46.0 Å². The van der Waals surface area contributed by atoms with Gasteiger partial charge in [-0.3, -0.25) is 9.36 Å². The Morgan fingerprint density at radius 2 is 1.73 bits per heavy atom. The van der Waals surface area contributed by atoms with Gasteiger partial charge in [-0.2, -0.15) is 5.26 Å². The molecule has 1 aromatic heterocycles. The SMILES string of the molecule is Cc1c(Cl)n(C(=O)c2cccc(C(=O)OC(C)(C)C)c2)c2c(C)cc(C#N)c(Cl)c12. The zero-order valence-electron chi connectivity index (χ0n) is 17.3. The van der Waals surface area contributed by atoms with Crippen molar-refractivity contribution in [3.63, 3.8) is 0 Å². The molecule has 3 aromatic rings. The van der Waals surface area contributed by atoms with Crippen molar-refractivity contribution in [1.29, 1.82) is 5.26 Å². The van der Waals surface area contributed by atoms with Gasteiger partial charge >= 0.3 is 5.97 Å². The molecule has 154 valence electrons. The normalized spacial score (nSPS) is 11.4. The Hall–Kier alpha value is -2.81. The lowest BCUT2D eigenvalue weighted by Crippen LogP contribution is -2.24. The largest absolute Gasteiger partial charge is 0.456 e. The Morgan fingerprint density at radius 3 is 2.33 bits per heavy atom. The molecule has 30 heavy (non-hydrogen) atoms. The smallest absolute Gasteiger partial charge is 0.338 e. The number of nitrogens with zero attached hydrogens (tertiary/aromatic N) is 2. The van der Waals surface area contributed by atoms with Crippen LogP contribution in [0, 0.1) is 25.2 Å². The van der Waals surface area contributed by atoms with Gasteiger partial charge in [0.05, 0.1) is 21.7 Å². The number of esters is 1. The van der Waals surface area contributed by atoms with E-state index in [4.69, 9.17) is 27.9 Å². The van der Waals surface area contributed by atoms with Crippen LogP contribution in [-0.4, -0.2) is 22.0 Å². The van der Waals surface area contributed by atoms with Crippen molar-refractivity contribution in [2.75, 3.05) is 0 Å². The van der Waals surface area contributed by atoms with Crippen molar-refractivity contribution in [1.82, 2.24) is 4.57 Å². The van der Waals surface area contributed by atoms with Gasteiger partial charge in [0.2, 0.25) is 0 Å². The van der Waals surface area contributed by atoms with Crippen LogP contribution in [0.3, 0.4) is 0 Å². The molecule has 0 saturated carbocycles. The number of nitriles is 1. The van der Waals surface area contributed by atoms with Crippen molar-refractivity contribution < 1.29 is 14.3 Å². The van der Waals surface area contributed by atoms with Crippen LogP contribution in [0.1, 0.15) is 58.2 Å². The number of aromatic nitrogens is 1. The highest BCUT2D eigenvalue weighted by Crippen LogP contribution is 2.38. The van der Waals surface area contributed by atoms with E-state index in [-0.39, 0.29) is 21.3 Å². The average molecular weight is 443 g/mol. The number of aryl methyl sites for hydroxylation is 2. The van der Waals surface area contributed by atoms with Crippen LogP contribution in [0.5, 0.6) is 0 Å². The lowest BCUT2D eigenvalue weighted by Gasteiger charge is -2.19. The molecule has 0 bridgehead atoms. The molecule has 2 aromatic carbocycles. The number of ether oxygens (including phenoxy) is 1. The topological polar surface area (TPSA) is 72.1 Å². The maximum atomic E-state index is 13.4. The van der Waals surface area contributed by atoms with E-state index in [1.165, 1.54) is 10.6 Å². The molecule has 0 radical (unpaired) electrons. The fourth-order valence-electron chi connectivity index (χ4n) is 3.30. The Balaban J connectivity index is 2.17. The van der Waals surface area contributed by atoms with Gasteiger partial charge in [0.25, 0.3) is 5.91 Å². The molecule has 0 aliphatic rings. The first-order valence-electron chi connectivity index (χ1n) is 9.24. The molecule has 0 N–H and O–H groups in total. The second-order valence-corrected chi connectivity index (χ2v) is 8.77. The van der Waals surface area contributed by atoms with E-state index < -0.39 is 17.5 Å². The molecule has 0 atom stereocenters. The Labute approximate surface area is 184 Å². The molecule has 0 amide bonds. The minimum absolute atomic E-state index is 0.206. The summed E-state index contributed by atoms with van der Waals surface area (Å²) in [6.07, 6.45) is 0. The molecule has 0 spiro atoms. The number of benzene rings is 2. The predicted octanol–water partition coefficient (Wildman–Crippen LogP) is 6.08. The third-order valence-corrected chi connectivity index (χ3v) is 5.44. The minimum Gasteiger partial charge on any atom is -0.456 e. The molecule has 5 nitrogen and oxygen atoms in total. The number of hydrogen-bond acceptors (Lipinski definition) is 4. The van der Waals surface area contributed by atoms with Crippen molar-refractivity contribution in [3.05, 3.63) is 68.3 Å². The van der Waals surface area contributed by atoms with Crippen LogP contribution >= 0.6 is 23.2 Å². The van der Waals surface area contributed by atoms with Crippen LogP contribution in [0.25, 0.3) is 10.9 Å². The summed E-state index contributed by atoms with van der Waals surface area (Å²) in [6, 6.07) is 9.98. The molecular formula is C23H20Cl2N2O3. The third-order valence-electron chi connectivity index (χ3n) is 4.60. The van der Waals surface area contributed by atoms with E-state index in [2.05, 4.69) is 6.07 Å². The number of halogens is 2. The fraction of sp³-hybridized carbons (Fsp3) is 0.261. The molecule has 0 saturated heterocycles. The highest BCUT2D eigenvalue weighted by molar-refractivity contribution is 6.40. The quantitative estimate of drug-likeness (QED) is 0.450. The van der Waals surface area contributed by atoms with Gasteiger partial charge < -0.3 is 4.74 Å². The van der Waals surface area contributed by atoms with Gasteiger partial charge in [0, 0.05) is 10.9 Å². The van der Waals surface area contributed by atoms with Crippen LogP contribution in [0.2, 0.25) is 10.2 Å². The second-order valence-electron chi connectivity index (χ2n) is 8.03. The van der Waals surface area contributed by atoms with E-state index in [0.717, 1.165) is 0 Å². The molecule has 0 unspecified atom stereocenters. The third kappa shape index (κ3) is 3.81. The Bertz CT molecular complexity index is 1240. The minimum atomic E-state index is -0.652. The maximum Gasteiger partial charge on any atom is 0.338 e. The Morgan fingerprint density at radius 1 is 1.10 bits per heavy atom. The van der Waals surface area contributed by atoms with Crippen LogP contribution in [0.15, 0.2) is 30.3 Å². The highest BCUT2D eigenvalue weighted by Gasteiger charge is 2.25. The summed E-state index contributed by atoms with van der Waals surface area (Å²) in [5, 5.41) is 10.4. The summed E-state index contributed by atoms with van der Waals surface area (Å²) in [5.74, 6) is -0.929. The van der Waals surface area contributed by atoms with Crippen LogP contribution in [0.4, 0.5) is 0 Å². The summed E-state index contributed by atoms with van der Waals surface area (Å²) in [6.45, 7) is 8.86.